The Hall–Kier alpha value is -1.42. The Morgan fingerprint density at radius 2 is 2.20 bits per heavy atom. The van der Waals surface area contributed by atoms with Crippen molar-refractivity contribution in [3.63, 3.8) is 0 Å². The van der Waals surface area contributed by atoms with Gasteiger partial charge in [-0.3, -0.25) is 0 Å². The third-order valence-corrected chi connectivity index (χ3v) is 4.76. The van der Waals surface area contributed by atoms with Gasteiger partial charge in [-0.15, -0.1) is 0 Å². The normalized spacial score (nSPS) is 23.8. The number of aromatic nitrogens is 3. The van der Waals surface area contributed by atoms with E-state index in [0.717, 1.165) is 24.1 Å². The van der Waals surface area contributed by atoms with E-state index in [4.69, 9.17) is 4.98 Å². The molecule has 0 spiro atoms. The molecule has 0 bridgehead atoms. The lowest BCUT2D eigenvalue weighted by atomic mass is 10.1. The highest BCUT2D eigenvalue weighted by molar-refractivity contribution is 5.71. The number of nitrogens with zero attached hydrogens (tertiary/aromatic N) is 4. The van der Waals surface area contributed by atoms with Crippen molar-refractivity contribution in [2.75, 3.05) is 13.1 Å². The Morgan fingerprint density at radius 1 is 1.30 bits per heavy atom. The van der Waals surface area contributed by atoms with Crippen molar-refractivity contribution in [3.05, 3.63) is 24.2 Å². The third-order valence-electron chi connectivity index (χ3n) is 4.76. The molecule has 0 amide bonds. The van der Waals surface area contributed by atoms with Gasteiger partial charge in [-0.25, -0.2) is 9.97 Å². The molecule has 106 valence electrons. The molecule has 0 aromatic carbocycles. The molecule has 1 saturated carbocycles. The summed E-state index contributed by atoms with van der Waals surface area (Å²) < 4.78 is 2.42. The highest BCUT2D eigenvalue weighted by atomic mass is 15.2. The van der Waals surface area contributed by atoms with Crippen molar-refractivity contribution >= 4 is 11.2 Å². The first-order valence-corrected chi connectivity index (χ1v) is 7.92. The molecule has 2 aromatic rings. The third kappa shape index (κ3) is 2.03. The molecular weight excluding hydrogens is 248 g/mol. The first-order chi connectivity index (χ1) is 9.86. The molecule has 1 atom stereocenters. The fraction of sp³-hybridized carbons (Fsp3) is 0.625. The predicted molar refractivity (Wildman–Crippen MR) is 79.8 cm³/mol. The van der Waals surface area contributed by atoms with Gasteiger partial charge in [-0.1, -0.05) is 6.92 Å². The second kappa shape index (κ2) is 4.85. The Bertz CT molecular complexity index is 614. The van der Waals surface area contributed by atoms with Gasteiger partial charge in [0.05, 0.1) is 0 Å². The quantitative estimate of drug-likeness (QED) is 0.856. The summed E-state index contributed by atoms with van der Waals surface area (Å²) in [5, 5.41) is 0. The lowest BCUT2D eigenvalue weighted by molar-refractivity contribution is 0.262. The van der Waals surface area contributed by atoms with Crippen LogP contribution >= 0.6 is 0 Å². The summed E-state index contributed by atoms with van der Waals surface area (Å²) in [6.07, 6.45) is 8.20. The zero-order chi connectivity index (χ0) is 13.5. The van der Waals surface area contributed by atoms with Gasteiger partial charge in [0.1, 0.15) is 11.3 Å². The molecule has 4 nitrogen and oxygen atoms in total. The average molecular weight is 270 g/mol. The van der Waals surface area contributed by atoms with Gasteiger partial charge in [0.25, 0.3) is 0 Å². The number of imidazole rings is 1. The lowest BCUT2D eigenvalue weighted by Crippen LogP contribution is -2.31. The molecule has 1 saturated heterocycles. The predicted octanol–water partition coefficient (Wildman–Crippen LogP) is 2.79. The zero-order valence-electron chi connectivity index (χ0n) is 12.1. The number of likely N-dealkylation sites (N-methyl/N-ethyl adjacent to an activating group) is 1. The van der Waals surface area contributed by atoms with Gasteiger partial charge in [0.15, 0.2) is 5.65 Å². The van der Waals surface area contributed by atoms with Gasteiger partial charge < -0.3 is 9.47 Å². The highest BCUT2D eigenvalue weighted by Gasteiger charge is 2.31. The van der Waals surface area contributed by atoms with Gasteiger partial charge in [0, 0.05) is 24.7 Å². The largest absolute Gasteiger partial charge is 0.310 e. The second-order valence-electron chi connectivity index (χ2n) is 6.10. The van der Waals surface area contributed by atoms with Crippen molar-refractivity contribution in [2.45, 2.75) is 51.1 Å². The highest BCUT2D eigenvalue weighted by Crippen LogP contribution is 2.38. The Kier molecular flexibility index (Phi) is 2.99. The van der Waals surface area contributed by atoms with Crippen molar-refractivity contribution in [1.29, 1.82) is 0 Å². The van der Waals surface area contributed by atoms with Crippen LogP contribution in [0.3, 0.4) is 0 Å². The Balaban J connectivity index is 1.70. The van der Waals surface area contributed by atoms with Gasteiger partial charge in [-0.2, -0.15) is 0 Å². The van der Waals surface area contributed by atoms with Crippen LogP contribution in [0, 0.1) is 0 Å². The minimum Gasteiger partial charge on any atom is -0.310 e. The van der Waals surface area contributed by atoms with Gasteiger partial charge in [0.2, 0.25) is 0 Å². The summed E-state index contributed by atoms with van der Waals surface area (Å²) in [5.74, 6) is 1.26. The summed E-state index contributed by atoms with van der Waals surface area (Å²) >= 11 is 0. The fourth-order valence-corrected chi connectivity index (χ4v) is 3.59. The molecule has 1 aliphatic carbocycles. The van der Waals surface area contributed by atoms with Gasteiger partial charge in [-0.05, 0) is 50.9 Å². The van der Waals surface area contributed by atoms with E-state index < -0.39 is 0 Å². The number of pyridine rings is 1. The van der Waals surface area contributed by atoms with E-state index in [-0.39, 0.29) is 0 Å². The molecule has 2 aromatic heterocycles. The van der Waals surface area contributed by atoms with E-state index in [1.807, 2.05) is 12.3 Å². The maximum absolute atomic E-state index is 4.88. The number of likely N-dealkylation sites (tertiary alicyclic amines) is 1. The van der Waals surface area contributed by atoms with E-state index in [1.54, 1.807) is 0 Å². The van der Waals surface area contributed by atoms with E-state index >= 15 is 0 Å². The monoisotopic (exact) mass is 270 g/mol. The number of fused-ring (bicyclic) bond motifs is 1. The van der Waals surface area contributed by atoms with Crippen LogP contribution in [0.25, 0.3) is 11.2 Å². The van der Waals surface area contributed by atoms with E-state index in [0.29, 0.717) is 12.1 Å². The number of hydrogen-bond donors (Lipinski definition) is 0. The first kappa shape index (κ1) is 12.3. The molecule has 1 unspecified atom stereocenters. The van der Waals surface area contributed by atoms with Crippen LogP contribution in [0.1, 0.15) is 44.5 Å². The molecule has 20 heavy (non-hydrogen) atoms. The maximum Gasteiger partial charge on any atom is 0.160 e. The smallest absolute Gasteiger partial charge is 0.160 e. The van der Waals surface area contributed by atoms with Crippen LogP contribution in [0.2, 0.25) is 0 Å². The topological polar surface area (TPSA) is 34.0 Å². The second-order valence-corrected chi connectivity index (χ2v) is 6.10. The zero-order valence-corrected chi connectivity index (χ0v) is 12.1. The van der Waals surface area contributed by atoms with Crippen LogP contribution in [0.15, 0.2) is 18.3 Å². The molecule has 4 heteroatoms. The van der Waals surface area contributed by atoms with Gasteiger partial charge >= 0.3 is 0 Å². The molecule has 1 aliphatic heterocycles. The minimum absolute atomic E-state index is 0.654. The lowest BCUT2D eigenvalue weighted by Gasteiger charge is -2.22. The molecule has 2 aliphatic rings. The fourth-order valence-electron chi connectivity index (χ4n) is 3.59. The molecule has 0 N–H and O–H groups in total. The maximum atomic E-state index is 4.88. The van der Waals surface area contributed by atoms with Crippen LogP contribution in [0.5, 0.6) is 0 Å². The van der Waals surface area contributed by atoms with Crippen molar-refractivity contribution in [1.82, 2.24) is 19.4 Å². The van der Waals surface area contributed by atoms with Crippen LogP contribution in [-0.2, 0) is 6.42 Å². The van der Waals surface area contributed by atoms with E-state index in [1.165, 1.54) is 38.1 Å². The number of hydrogen-bond acceptors (Lipinski definition) is 3. The number of rotatable bonds is 4. The van der Waals surface area contributed by atoms with Crippen molar-refractivity contribution < 1.29 is 0 Å². The Labute approximate surface area is 119 Å². The first-order valence-electron chi connectivity index (χ1n) is 7.92. The minimum atomic E-state index is 0.654. The molecular formula is C16H22N4. The standard InChI is InChI=1S/C16H22N4/c1-2-19-10-4-5-13(19)11-15-18-14-6-3-9-17-16(14)20(15)12-7-8-12/h3,6,9,12-13H,2,4-5,7-8,10-11H2,1H3. The van der Waals surface area contributed by atoms with E-state index in [2.05, 4.69) is 27.4 Å². The molecule has 3 heterocycles. The summed E-state index contributed by atoms with van der Waals surface area (Å²) in [4.78, 5) is 12.0. The summed E-state index contributed by atoms with van der Waals surface area (Å²) in [6, 6.07) is 5.41. The Morgan fingerprint density at radius 3 is 3.00 bits per heavy atom. The molecule has 4 rings (SSSR count). The van der Waals surface area contributed by atoms with Crippen LogP contribution in [0.4, 0.5) is 0 Å². The van der Waals surface area contributed by atoms with Crippen molar-refractivity contribution in [3.8, 4) is 0 Å². The summed E-state index contributed by atoms with van der Waals surface area (Å²) in [6.45, 7) is 4.68. The van der Waals surface area contributed by atoms with Crippen LogP contribution < -0.4 is 0 Å². The average Bonchev–Trinajstić information content (AvgIpc) is 3.09. The van der Waals surface area contributed by atoms with Crippen LogP contribution in [-0.4, -0.2) is 38.6 Å². The summed E-state index contributed by atoms with van der Waals surface area (Å²) in [5.41, 5.74) is 2.15. The molecule has 2 fully saturated rings. The molecule has 0 radical (unpaired) electrons. The van der Waals surface area contributed by atoms with Crippen molar-refractivity contribution in [2.24, 2.45) is 0 Å². The van der Waals surface area contributed by atoms with E-state index in [9.17, 15) is 0 Å². The SMILES string of the molecule is CCN1CCCC1Cc1nc2cccnc2n1C1CC1. The summed E-state index contributed by atoms with van der Waals surface area (Å²) in [7, 11) is 0.